The number of hydrogen-bond acceptors (Lipinski definition) is 7. The fraction of sp³-hybridized carbons (Fsp3) is 0.280. The van der Waals surface area contributed by atoms with E-state index in [1.54, 1.807) is 29.4 Å². The molecule has 4 heterocycles. The van der Waals surface area contributed by atoms with E-state index in [0.29, 0.717) is 48.4 Å². The summed E-state index contributed by atoms with van der Waals surface area (Å²) in [7, 11) is 0. The van der Waals surface area contributed by atoms with Crippen LogP contribution in [-0.2, 0) is 0 Å². The van der Waals surface area contributed by atoms with Crippen molar-refractivity contribution in [1.29, 1.82) is 0 Å². The van der Waals surface area contributed by atoms with Gasteiger partial charge in [-0.1, -0.05) is 12.1 Å². The summed E-state index contributed by atoms with van der Waals surface area (Å²) >= 11 is 0. The Labute approximate surface area is 197 Å². The highest BCUT2D eigenvalue weighted by molar-refractivity contribution is 5.95. The van der Waals surface area contributed by atoms with Crippen LogP contribution in [-0.4, -0.2) is 63.3 Å². The monoisotopic (exact) mass is 458 g/mol. The number of aromatic nitrogens is 4. The number of carbonyl (C=O) groups excluding carboxylic acids is 1. The molecule has 1 aliphatic rings. The summed E-state index contributed by atoms with van der Waals surface area (Å²) in [5.74, 6) is 1.87. The van der Waals surface area contributed by atoms with Gasteiger partial charge in [0, 0.05) is 32.4 Å². The second kappa shape index (κ2) is 9.38. The molecule has 9 nitrogen and oxygen atoms in total. The molecule has 1 aromatic carbocycles. The molecule has 0 bridgehead atoms. The van der Waals surface area contributed by atoms with E-state index in [2.05, 4.69) is 26.0 Å². The molecule has 0 N–H and O–H groups in total. The molecule has 0 saturated carbocycles. The number of nitrogens with zero attached hydrogens (tertiary/aromatic N) is 6. The molecule has 34 heavy (non-hydrogen) atoms. The molecule has 3 aromatic heterocycles. The summed E-state index contributed by atoms with van der Waals surface area (Å²) in [6.07, 6.45) is 4.85. The zero-order valence-electron chi connectivity index (χ0n) is 19.2. The van der Waals surface area contributed by atoms with Crippen molar-refractivity contribution in [3.63, 3.8) is 0 Å². The van der Waals surface area contributed by atoms with Gasteiger partial charge in [-0.3, -0.25) is 4.79 Å². The fourth-order valence-corrected chi connectivity index (χ4v) is 4.15. The van der Waals surface area contributed by atoms with E-state index >= 15 is 0 Å². The molecule has 1 saturated heterocycles. The molecule has 0 radical (unpaired) electrons. The van der Waals surface area contributed by atoms with E-state index in [-0.39, 0.29) is 5.91 Å². The highest BCUT2D eigenvalue weighted by Gasteiger charge is 2.26. The predicted molar refractivity (Wildman–Crippen MR) is 127 cm³/mol. The number of rotatable bonds is 6. The van der Waals surface area contributed by atoms with Gasteiger partial charge in [0.05, 0.1) is 36.0 Å². The maximum absolute atomic E-state index is 13.3. The lowest BCUT2D eigenvalue weighted by Gasteiger charge is -2.36. The van der Waals surface area contributed by atoms with E-state index in [1.807, 2.05) is 49.1 Å². The third kappa shape index (κ3) is 4.12. The van der Waals surface area contributed by atoms with E-state index in [1.165, 1.54) is 0 Å². The van der Waals surface area contributed by atoms with Crippen molar-refractivity contribution in [1.82, 2.24) is 24.6 Å². The normalized spacial score (nSPS) is 13.8. The highest BCUT2D eigenvalue weighted by atomic mass is 16.5. The largest absolute Gasteiger partial charge is 0.492 e. The van der Waals surface area contributed by atoms with Crippen LogP contribution in [0.1, 0.15) is 23.0 Å². The van der Waals surface area contributed by atoms with Gasteiger partial charge in [-0.05, 0) is 44.2 Å². The fourth-order valence-electron chi connectivity index (χ4n) is 4.15. The van der Waals surface area contributed by atoms with Gasteiger partial charge in [0.25, 0.3) is 11.9 Å². The van der Waals surface area contributed by atoms with Gasteiger partial charge in [-0.2, -0.15) is 5.10 Å². The molecule has 0 atom stereocenters. The van der Waals surface area contributed by atoms with Gasteiger partial charge < -0.3 is 19.0 Å². The molecular formula is C25H26N6O3. The number of para-hydroxylation sites is 2. The molecule has 0 unspecified atom stereocenters. The molecule has 0 aliphatic carbocycles. The molecule has 1 fully saturated rings. The zero-order chi connectivity index (χ0) is 23.5. The average molecular weight is 459 g/mol. The number of hydrogen-bond donors (Lipinski definition) is 0. The average Bonchev–Trinajstić information content (AvgIpc) is 3.55. The van der Waals surface area contributed by atoms with Crippen molar-refractivity contribution in [3.8, 4) is 23.2 Å². The lowest BCUT2D eigenvalue weighted by Crippen LogP contribution is -2.49. The Morgan fingerprint density at radius 2 is 1.91 bits per heavy atom. The lowest BCUT2D eigenvalue weighted by atomic mass is 10.2. The lowest BCUT2D eigenvalue weighted by molar-refractivity contribution is 0.0746. The number of ether oxygens (including phenoxy) is 1. The van der Waals surface area contributed by atoms with Crippen LogP contribution < -0.4 is 9.64 Å². The first-order valence-corrected chi connectivity index (χ1v) is 11.3. The van der Waals surface area contributed by atoms with Crippen LogP contribution in [0.25, 0.3) is 17.4 Å². The topological polar surface area (TPSA) is 89.5 Å². The van der Waals surface area contributed by atoms with Gasteiger partial charge in [-0.25, -0.2) is 14.6 Å². The van der Waals surface area contributed by atoms with Crippen LogP contribution in [0.3, 0.4) is 0 Å². The summed E-state index contributed by atoms with van der Waals surface area (Å²) in [6.45, 7) is 7.16. The molecule has 9 heteroatoms. The zero-order valence-corrected chi connectivity index (χ0v) is 19.2. The van der Waals surface area contributed by atoms with Gasteiger partial charge in [0.2, 0.25) is 0 Å². The summed E-state index contributed by atoms with van der Waals surface area (Å²) in [6, 6.07) is 13.4. The van der Waals surface area contributed by atoms with Crippen LogP contribution in [0.4, 0.5) is 5.69 Å². The predicted octanol–water partition coefficient (Wildman–Crippen LogP) is 3.59. The molecule has 174 valence electrons. The van der Waals surface area contributed by atoms with Crippen LogP contribution >= 0.6 is 0 Å². The number of piperazine rings is 1. The molecular weight excluding hydrogens is 432 g/mol. The van der Waals surface area contributed by atoms with Gasteiger partial charge in [0.1, 0.15) is 11.4 Å². The van der Waals surface area contributed by atoms with Gasteiger partial charge in [-0.15, -0.1) is 0 Å². The molecule has 1 aliphatic heterocycles. The Kier molecular flexibility index (Phi) is 5.99. The van der Waals surface area contributed by atoms with E-state index in [4.69, 9.17) is 9.15 Å². The summed E-state index contributed by atoms with van der Waals surface area (Å²) in [5.41, 5.74) is 2.97. The van der Waals surface area contributed by atoms with Crippen LogP contribution in [0.15, 0.2) is 65.5 Å². The van der Waals surface area contributed by atoms with E-state index in [0.717, 1.165) is 24.5 Å². The molecule has 5 rings (SSSR count). The number of anilines is 1. The van der Waals surface area contributed by atoms with Crippen molar-refractivity contribution in [2.24, 2.45) is 0 Å². The first-order chi connectivity index (χ1) is 16.7. The van der Waals surface area contributed by atoms with Crippen molar-refractivity contribution < 1.29 is 13.9 Å². The van der Waals surface area contributed by atoms with Crippen molar-refractivity contribution in [2.45, 2.75) is 13.8 Å². The molecule has 0 spiro atoms. The number of benzene rings is 1. The van der Waals surface area contributed by atoms with E-state index < -0.39 is 0 Å². The van der Waals surface area contributed by atoms with Gasteiger partial charge in [0.15, 0.2) is 5.76 Å². The molecule has 4 aromatic rings. The quantitative estimate of drug-likeness (QED) is 0.436. The molecule has 1 amide bonds. The highest BCUT2D eigenvalue weighted by Crippen LogP contribution is 2.29. The van der Waals surface area contributed by atoms with Crippen LogP contribution in [0.5, 0.6) is 5.75 Å². The second-order valence-corrected chi connectivity index (χ2v) is 7.95. The standard InChI is InChI=1S/C25H26N6O3/c1-3-33-23-8-5-4-7-21(23)29-12-14-30(15-13-29)24(32)19-17-27-31(18(19)2)25-26-11-10-20(28-25)22-9-6-16-34-22/h4-11,16-17H,3,12-15H2,1-2H3. The first kappa shape index (κ1) is 21.7. The second-order valence-electron chi connectivity index (χ2n) is 7.95. The SMILES string of the molecule is CCOc1ccccc1N1CCN(C(=O)c2cnn(-c3nccc(-c4ccco4)n3)c2C)CC1. The van der Waals surface area contributed by atoms with E-state index in [9.17, 15) is 4.79 Å². The summed E-state index contributed by atoms with van der Waals surface area (Å²) in [5, 5.41) is 4.41. The Hall–Kier alpha value is -4.14. The summed E-state index contributed by atoms with van der Waals surface area (Å²) < 4.78 is 12.8. The van der Waals surface area contributed by atoms with Crippen LogP contribution in [0.2, 0.25) is 0 Å². The van der Waals surface area contributed by atoms with Crippen LogP contribution in [0, 0.1) is 6.92 Å². The number of furan rings is 1. The first-order valence-electron chi connectivity index (χ1n) is 11.3. The minimum absolute atomic E-state index is 0.0383. The smallest absolute Gasteiger partial charge is 0.257 e. The van der Waals surface area contributed by atoms with Gasteiger partial charge >= 0.3 is 0 Å². The van der Waals surface area contributed by atoms with Crippen molar-refractivity contribution in [3.05, 3.63) is 72.4 Å². The third-order valence-corrected chi connectivity index (χ3v) is 5.92. The minimum atomic E-state index is -0.0383. The third-order valence-electron chi connectivity index (χ3n) is 5.92. The Bertz CT molecular complexity index is 1280. The number of carbonyl (C=O) groups is 1. The van der Waals surface area contributed by atoms with Crippen molar-refractivity contribution in [2.75, 3.05) is 37.7 Å². The maximum Gasteiger partial charge on any atom is 0.257 e. The Morgan fingerprint density at radius 1 is 1.09 bits per heavy atom. The minimum Gasteiger partial charge on any atom is -0.492 e. The number of amides is 1. The maximum atomic E-state index is 13.3. The Balaban J connectivity index is 1.30. The summed E-state index contributed by atoms with van der Waals surface area (Å²) in [4.78, 5) is 26.3. The Morgan fingerprint density at radius 3 is 2.68 bits per heavy atom. The van der Waals surface area contributed by atoms with Crippen molar-refractivity contribution >= 4 is 11.6 Å².